The van der Waals surface area contributed by atoms with Crippen LogP contribution in [0.25, 0.3) is 11.1 Å². The van der Waals surface area contributed by atoms with E-state index in [0.29, 0.717) is 0 Å². The lowest BCUT2D eigenvalue weighted by Crippen LogP contribution is -2.47. The van der Waals surface area contributed by atoms with E-state index >= 15 is 0 Å². The molecule has 5 heteroatoms. The van der Waals surface area contributed by atoms with Gasteiger partial charge in [-0.1, -0.05) is 48.5 Å². The molecule has 0 spiro atoms. The van der Waals surface area contributed by atoms with Gasteiger partial charge in [0.25, 0.3) is 0 Å². The molecule has 0 bridgehead atoms. The summed E-state index contributed by atoms with van der Waals surface area (Å²) >= 11 is 0. The van der Waals surface area contributed by atoms with Gasteiger partial charge in [-0.15, -0.1) is 0 Å². The molecule has 33 heavy (non-hydrogen) atoms. The fourth-order valence-corrected chi connectivity index (χ4v) is 4.40. The van der Waals surface area contributed by atoms with E-state index in [9.17, 15) is 9.59 Å². The Labute approximate surface area is 195 Å². The molecule has 1 amide bonds. The largest absolute Gasteiger partial charge is 0.497 e. The zero-order chi connectivity index (χ0) is 23.2. The van der Waals surface area contributed by atoms with E-state index in [1.54, 1.807) is 7.11 Å². The van der Waals surface area contributed by atoms with Crippen LogP contribution in [0.15, 0.2) is 78.9 Å². The zero-order valence-electron chi connectivity index (χ0n) is 19.2. The van der Waals surface area contributed by atoms with Crippen LogP contribution in [0.3, 0.4) is 0 Å². The summed E-state index contributed by atoms with van der Waals surface area (Å²) in [6.07, 6.45) is 1.51. The van der Waals surface area contributed by atoms with Crippen molar-refractivity contribution in [3.63, 3.8) is 0 Å². The van der Waals surface area contributed by atoms with Crippen LogP contribution in [0.2, 0.25) is 0 Å². The van der Waals surface area contributed by atoms with Crippen LogP contribution in [-0.2, 0) is 4.79 Å². The molecule has 1 N–H and O–H groups in total. The summed E-state index contributed by atoms with van der Waals surface area (Å²) in [5.74, 6) is 0.878. The van der Waals surface area contributed by atoms with Gasteiger partial charge in [-0.3, -0.25) is 14.5 Å². The number of likely N-dealkylation sites (tertiary alicyclic amines) is 1. The first-order chi connectivity index (χ1) is 16.1. The number of hydrogen-bond acceptors (Lipinski definition) is 4. The van der Waals surface area contributed by atoms with Crippen molar-refractivity contribution in [2.24, 2.45) is 5.92 Å². The normalized spacial score (nSPS) is 15.6. The Hall–Kier alpha value is -3.44. The number of methoxy groups -OCH3 is 1. The van der Waals surface area contributed by atoms with E-state index in [1.165, 1.54) is 0 Å². The summed E-state index contributed by atoms with van der Waals surface area (Å²) in [5.41, 5.74) is 3.60. The number of carbonyl (C=O) groups is 2. The molecule has 4 rings (SSSR count). The third-order valence-corrected chi connectivity index (χ3v) is 6.47. The van der Waals surface area contributed by atoms with E-state index in [-0.39, 0.29) is 23.7 Å². The first-order valence-corrected chi connectivity index (χ1v) is 11.4. The molecule has 0 saturated carbocycles. The molecule has 1 heterocycles. The predicted molar refractivity (Wildman–Crippen MR) is 132 cm³/mol. The Morgan fingerprint density at radius 1 is 0.909 bits per heavy atom. The standard InChI is InChI=1S/C28H30N2O3/c1-20(28(32)29-26-11-7-6-10-25(26)21-8-4-3-5-9-21)30-18-16-23(17-19-30)27(31)22-12-14-24(33-2)15-13-22/h3-15,20,23H,16-19H2,1-2H3,(H,29,32). The molecule has 1 unspecified atom stereocenters. The van der Waals surface area contributed by atoms with Crippen molar-refractivity contribution in [3.05, 3.63) is 84.4 Å². The molecule has 3 aromatic carbocycles. The fraction of sp³-hybridized carbons (Fsp3) is 0.286. The van der Waals surface area contributed by atoms with Gasteiger partial charge in [-0.2, -0.15) is 0 Å². The first-order valence-electron chi connectivity index (χ1n) is 11.4. The van der Waals surface area contributed by atoms with Gasteiger partial charge >= 0.3 is 0 Å². The van der Waals surface area contributed by atoms with Crippen LogP contribution in [0.5, 0.6) is 5.75 Å². The minimum atomic E-state index is -0.272. The Balaban J connectivity index is 1.36. The summed E-state index contributed by atoms with van der Waals surface area (Å²) in [6.45, 7) is 3.38. The van der Waals surface area contributed by atoms with E-state index in [2.05, 4.69) is 10.2 Å². The summed E-state index contributed by atoms with van der Waals surface area (Å²) < 4.78 is 5.18. The highest BCUT2D eigenvalue weighted by atomic mass is 16.5. The van der Waals surface area contributed by atoms with Crippen molar-refractivity contribution >= 4 is 17.4 Å². The SMILES string of the molecule is COc1ccc(C(=O)C2CCN(C(C)C(=O)Nc3ccccc3-c3ccccc3)CC2)cc1. The monoisotopic (exact) mass is 442 g/mol. The maximum absolute atomic E-state index is 13.1. The number of anilines is 1. The van der Waals surface area contributed by atoms with Crippen molar-refractivity contribution in [2.45, 2.75) is 25.8 Å². The number of para-hydroxylation sites is 1. The van der Waals surface area contributed by atoms with Crippen LogP contribution in [-0.4, -0.2) is 42.8 Å². The molecular formula is C28H30N2O3. The third-order valence-electron chi connectivity index (χ3n) is 6.47. The second-order valence-corrected chi connectivity index (χ2v) is 8.48. The summed E-state index contributed by atoms with van der Waals surface area (Å²) in [7, 11) is 1.62. The topological polar surface area (TPSA) is 58.6 Å². The van der Waals surface area contributed by atoms with Crippen LogP contribution >= 0.6 is 0 Å². The van der Waals surface area contributed by atoms with Gasteiger partial charge in [0.15, 0.2) is 5.78 Å². The fourth-order valence-electron chi connectivity index (χ4n) is 4.40. The molecule has 170 valence electrons. The van der Waals surface area contributed by atoms with Crippen molar-refractivity contribution < 1.29 is 14.3 Å². The second-order valence-electron chi connectivity index (χ2n) is 8.48. The highest BCUT2D eigenvalue weighted by molar-refractivity contribution is 5.99. The number of benzene rings is 3. The number of piperidine rings is 1. The minimum Gasteiger partial charge on any atom is -0.497 e. The molecule has 1 aliphatic rings. The van der Waals surface area contributed by atoms with Crippen molar-refractivity contribution in [1.29, 1.82) is 0 Å². The lowest BCUT2D eigenvalue weighted by atomic mass is 9.88. The first kappa shape index (κ1) is 22.7. The molecule has 1 saturated heterocycles. The van der Waals surface area contributed by atoms with Crippen LogP contribution in [0, 0.1) is 5.92 Å². The van der Waals surface area contributed by atoms with E-state index in [0.717, 1.165) is 54.1 Å². The number of ketones is 1. The number of nitrogens with one attached hydrogen (secondary N) is 1. The van der Waals surface area contributed by atoms with Gasteiger partial charge in [-0.25, -0.2) is 0 Å². The average Bonchev–Trinajstić information content (AvgIpc) is 2.89. The average molecular weight is 443 g/mol. The highest BCUT2D eigenvalue weighted by Gasteiger charge is 2.30. The van der Waals surface area contributed by atoms with E-state index in [4.69, 9.17) is 4.74 Å². The van der Waals surface area contributed by atoms with Crippen molar-refractivity contribution in [1.82, 2.24) is 4.90 Å². The molecule has 1 aliphatic heterocycles. The minimum absolute atomic E-state index is 0.0105. The quantitative estimate of drug-likeness (QED) is 0.506. The Morgan fingerprint density at radius 2 is 1.55 bits per heavy atom. The number of Topliss-reactive ketones (excluding diaryl/α,β-unsaturated/α-hetero) is 1. The zero-order valence-corrected chi connectivity index (χ0v) is 19.2. The van der Waals surface area contributed by atoms with Crippen LogP contribution in [0.1, 0.15) is 30.1 Å². The number of carbonyl (C=O) groups excluding carboxylic acids is 2. The molecule has 0 radical (unpaired) electrons. The molecule has 3 aromatic rings. The molecule has 0 aromatic heterocycles. The molecule has 1 fully saturated rings. The lowest BCUT2D eigenvalue weighted by molar-refractivity contribution is -0.121. The number of rotatable bonds is 7. The van der Waals surface area contributed by atoms with Crippen LogP contribution < -0.4 is 10.1 Å². The molecule has 5 nitrogen and oxygen atoms in total. The molecule has 0 aliphatic carbocycles. The van der Waals surface area contributed by atoms with Crippen LogP contribution in [0.4, 0.5) is 5.69 Å². The molecular weight excluding hydrogens is 412 g/mol. The Morgan fingerprint density at radius 3 is 2.21 bits per heavy atom. The van der Waals surface area contributed by atoms with Gasteiger partial charge in [0.2, 0.25) is 5.91 Å². The molecule has 1 atom stereocenters. The summed E-state index contributed by atoms with van der Waals surface area (Å²) in [4.78, 5) is 28.1. The maximum Gasteiger partial charge on any atom is 0.241 e. The van der Waals surface area contributed by atoms with Gasteiger partial charge in [0, 0.05) is 22.7 Å². The lowest BCUT2D eigenvalue weighted by Gasteiger charge is -2.35. The predicted octanol–water partition coefficient (Wildman–Crippen LogP) is 5.28. The maximum atomic E-state index is 13.1. The Bertz CT molecular complexity index is 1090. The van der Waals surface area contributed by atoms with Gasteiger partial charge in [0.05, 0.1) is 13.2 Å². The number of nitrogens with zero attached hydrogens (tertiary/aromatic N) is 1. The van der Waals surface area contributed by atoms with Gasteiger partial charge in [0.1, 0.15) is 5.75 Å². The summed E-state index contributed by atoms with van der Waals surface area (Å²) in [6, 6.07) is 24.9. The highest BCUT2D eigenvalue weighted by Crippen LogP contribution is 2.28. The second kappa shape index (κ2) is 10.5. The smallest absolute Gasteiger partial charge is 0.241 e. The van der Waals surface area contributed by atoms with Crippen molar-refractivity contribution in [2.75, 3.05) is 25.5 Å². The van der Waals surface area contributed by atoms with E-state index in [1.807, 2.05) is 85.8 Å². The number of ether oxygens (including phenoxy) is 1. The van der Waals surface area contributed by atoms with Gasteiger partial charge < -0.3 is 10.1 Å². The summed E-state index contributed by atoms with van der Waals surface area (Å²) in [5, 5.41) is 3.12. The third kappa shape index (κ3) is 5.32. The number of amides is 1. The van der Waals surface area contributed by atoms with Crippen molar-refractivity contribution in [3.8, 4) is 16.9 Å². The Kier molecular flexibility index (Phi) is 7.20. The van der Waals surface area contributed by atoms with E-state index < -0.39 is 0 Å². The van der Waals surface area contributed by atoms with Gasteiger partial charge in [-0.05, 0) is 68.8 Å². The number of hydrogen-bond donors (Lipinski definition) is 1.